The van der Waals surface area contributed by atoms with Crippen LogP contribution in [0.15, 0.2) is 0 Å². The average molecular weight is 314 g/mol. The van der Waals surface area contributed by atoms with E-state index in [9.17, 15) is 4.79 Å². The highest BCUT2D eigenvalue weighted by Gasteiger charge is 2.56. The van der Waals surface area contributed by atoms with Gasteiger partial charge < -0.3 is 4.90 Å². The first-order valence-electron chi connectivity index (χ1n) is 7.61. The maximum absolute atomic E-state index is 12.6. The highest BCUT2D eigenvalue weighted by atomic mass is 79.9. The lowest BCUT2D eigenvalue weighted by atomic mass is 9.94. The van der Waals surface area contributed by atoms with Crippen LogP contribution in [0.2, 0.25) is 0 Å². The Morgan fingerprint density at radius 2 is 1.56 bits per heavy atom. The first kappa shape index (κ1) is 13.0. The molecular weight excluding hydrogens is 290 g/mol. The summed E-state index contributed by atoms with van der Waals surface area (Å²) in [5.74, 6) is 2.32. The minimum absolute atomic E-state index is 0.388. The van der Waals surface area contributed by atoms with Crippen molar-refractivity contribution in [2.45, 2.75) is 62.2 Å². The first-order valence-corrected chi connectivity index (χ1v) is 8.52. The van der Waals surface area contributed by atoms with Crippen LogP contribution in [0.1, 0.15) is 51.4 Å². The van der Waals surface area contributed by atoms with E-state index in [0.717, 1.165) is 11.8 Å². The van der Waals surface area contributed by atoms with Gasteiger partial charge in [-0.25, -0.2) is 0 Å². The number of amides is 1. The van der Waals surface area contributed by atoms with Gasteiger partial charge in [0.05, 0.1) is 0 Å². The summed E-state index contributed by atoms with van der Waals surface area (Å²) in [6.45, 7) is 0. The molecule has 0 spiro atoms. The topological polar surface area (TPSA) is 20.3 Å². The van der Waals surface area contributed by atoms with Crippen LogP contribution in [0, 0.1) is 17.8 Å². The molecule has 0 aromatic rings. The summed E-state index contributed by atoms with van der Waals surface area (Å²) < 4.78 is 0. The van der Waals surface area contributed by atoms with Crippen molar-refractivity contribution in [3.63, 3.8) is 0 Å². The van der Waals surface area contributed by atoms with E-state index < -0.39 is 0 Å². The van der Waals surface area contributed by atoms with Gasteiger partial charge >= 0.3 is 0 Å². The van der Waals surface area contributed by atoms with E-state index in [0.29, 0.717) is 22.7 Å². The summed E-state index contributed by atoms with van der Waals surface area (Å²) in [7, 11) is 2.04. The molecule has 0 aliphatic heterocycles. The molecule has 102 valence electrons. The van der Waals surface area contributed by atoms with Gasteiger partial charge in [0.2, 0.25) is 5.91 Å². The van der Waals surface area contributed by atoms with Crippen molar-refractivity contribution in [2.24, 2.45) is 17.8 Å². The maximum atomic E-state index is 12.6. The van der Waals surface area contributed by atoms with Crippen LogP contribution < -0.4 is 0 Å². The number of hydrogen-bond acceptors (Lipinski definition) is 1. The van der Waals surface area contributed by atoms with E-state index in [-0.39, 0.29) is 0 Å². The third-order valence-electron chi connectivity index (χ3n) is 5.43. The number of carbonyl (C=O) groups is 1. The maximum Gasteiger partial charge on any atom is 0.226 e. The highest BCUT2D eigenvalue weighted by molar-refractivity contribution is 9.09. The zero-order valence-corrected chi connectivity index (χ0v) is 12.9. The Balaban J connectivity index is 1.62. The largest absolute Gasteiger partial charge is 0.341 e. The third-order valence-corrected chi connectivity index (χ3v) is 6.50. The molecule has 3 heteroatoms. The number of halogens is 1. The van der Waals surface area contributed by atoms with Crippen LogP contribution in [-0.2, 0) is 4.79 Å². The van der Waals surface area contributed by atoms with E-state index in [4.69, 9.17) is 0 Å². The molecule has 0 bridgehead atoms. The van der Waals surface area contributed by atoms with Crippen molar-refractivity contribution >= 4 is 21.8 Å². The molecule has 0 N–H and O–H groups in total. The second kappa shape index (κ2) is 5.15. The van der Waals surface area contributed by atoms with Gasteiger partial charge in [0.25, 0.3) is 0 Å². The van der Waals surface area contributed by atoms with Gasteiger partial charge in [-0.05, 0) is 37.5 Å². The van der Waals surface area contributed by atoms with Crippen molar-refractivity contribution in [3.05, 3.63) is 0 Å². The normalized spacial score (nSPS) is 43.1. The zero-order chi connectivity index (χ0) is 12.7. The Hall–Kier alpha value is -0.0500. The summed E-state index contributed by atoms with van der Waals surface area (Å²) in [6, 6.07) is 0.439. The van der Waals surface area contributed by atoms with Crippen molar-refractivity contribution in [1.29, 1.82) is 0 Å². The molecule has 0 radical (unpaired) electrons. The molecule has 3 aliphatic rings. The van der Waals surface area contributed by atoms with Crippen molar-refractivity contribution in [3.8, 4) is 0 Å². The average Bonchev–Trinajstić information content (AvgIpc) is 3.12. The molecule has 3 aliphatic carbocycles. The fourth-order valence-corrected chi connectivity index (χ4v) is 5.20. The van der Waals surface area contributed by atoms with E-state index >= 15 is 0 Å². The molecule has 1 amide bonds. The monoisotopic (exact) mass is 313 g/mol. The zero-order valence-electron chi connectivity index (χ0n) is 11.3. The van der Waals surface area contributed by atoms with Gasteiger partial charge in [-0.1, -0.05) is 41.6 Å². The molecule has 0 saturated heterocycles. The van der Waals surface area contributed by atoms with Crippen molar-refractivity contribution in [2.75, 3.05) is 7.05 Å². The molecule has 0 aromatic heterocycles. The minimum atomic E-state index is 0.388. The second-order valence-electron chi connectivity index (χ2n) is 6.45. The summed E-state index contributed by atoms with van der Waals surface area (Å²) in [5.41, 5.74) is 0. The summed E-state index contributed by atoms with van der Waals surface area (Å²) in [4.78, 5) is 15.2. The molecule has 4 unspecified atom stereocenters. The Bertz CT molecular complexity index is 320. The third kappa shape index (κ3) is 2.23. The smallest absolute Gasteiger partial charge is 0.226 e. The van der Waals surface area contributed by atoms with Gasteiger partial charge in [0, 0.05) is 23.8 Å². The second-order valence-corrected chi connectivity index (χ2v) is 7.63. The van der Waals surface area contributed by atoms with E-state index in [2.05, 4.69) is 20.8 Å². The lowest BCUT2D eigenvalue weighted by Gasteiger charge is -2.35. The van der Waals surface area contributed by atoms with Crippen LogP contribution >= 0.6 is 15.9 Å². The van der Waals surface area contributed by atoms with Crippen LogP contribution in [0.4, 0.5) is 0 Å². The Morgan fingerprint density at radius 1 is 1.00 bits per heavy atom. The summed E-state index contributed by atoms with van der Waals surface area (Å²) >= 11 is 3.78. The lowest BCUT2D eigenvalue weighted by Crippen LogP contribution is -2.45. The number of carbonyl (C=O) groups excluding carboxylic acids is 1. The number of nitrogens with zero attached hydrogens (tertiary/aromatic N) is 1. The van der Waals surface area contributed by atoms with Gasteiger partial charge in [0.1, 0.15) is 0 Å². The van der Waals surface area contributed by atoms with Crippen molar-refractivity contribution < 1.29 is 4.79 Å². The number of hydrogen-bond donors (Lipinski definition) is 0. The van der Waals surface area contributed by atoms with E-state index in [1.54, 1.807) is 0 Å². The van der Waals surface area contributed by atoms with Crippen LogP contribution in [0.3, 0.4) is 0 Å². The minimum Gasteiger partial charge on any atom is -0.341 e. The summed E-state index contributed by atoms with van der Waals surface area (Å²) in [6.07, 6.45) is 10.3. The Morgan fingerprint density at radius 3 is 2.17 bits per heavy atom. The Labute approximate surface area is 119 Å². The summed E-state index contributed by atoms with van der Waals surface area (Å²) in [5, 5.41) is 0. The number of alkyl halides is 1. The molecule has 3 fully saturated rings. The predicted octanol–water partition coefficient (Wildman–Crippen LogP) is 3.59. The molecule has 0 heterocycles. The molecular formula is C15H24BrNO. The standard InChI is InChI=1S/C15H24BrNO/c1-17(13-9-5-4-8-12(13)16)15(18)14-10-6-2-3-7-11(10)14/h10-14H,2-9H2,1H3. The first-order chi connectivity index (χ1) is 8.70. The molecule has 3 rings (SSSR count). The van der Waals surface area contributed by atoms with E-state index in [1.807, 2.05) is 7.05 Å². The van der Waals surface area contributed by atoms with E-state index in [1.165, 1.54) is 51.4 Å². The van der Waals surface area contributed by atoms with Crippen LogP contribution in [0.5, 0.6) is 0 Å². The Kier molecular flexibility index (Phi) is 3.70. The molecule has 18 heavy (non-hydrogen) atoms. The lowest BCUT2D eigenvalue weighted by molar-refractivity contribution is -0.134. The molecule has 2 nitrogen and oxygen atoms in total. The predicted molar refractivity (Wildman–Crippen MR) is 76.7 cm³/mol. The van der Waals surface area contributed by atoms with Crippen LogP contribution in [-0.4, -0.2) is 28.7 Å². The molecule has 4 atom stereocenters. The van der Waals surface area contributed by atoms with Gasteiger partial charge in [-0.3, -0.25) is 4.79 Å². The number of rotatable bonds is 2. The quantitative estimate of drug-likeness (QED) is 0.713. The van der Waals surface area contributed by atoms with Gasteiger partial charge in [-0.2, -0.15) is 0 Å². The SMILES string of the molecule is CN(C(=O)C1C2CCCCC21)C1CCCCC1Br. The fraction of sp³-hybridized carbons (Fsp3) is 0.933. The fourth-order valence-electron chi connectivity index (χ4n) is 4.26. The van der Waals surface area contributed by atoms with Gasteiger partial charge in [0.15, 0.2) is 0 Å². The highest BCUT2D eigenvalue weighted by Crippen LogP contribution is 2.56. The van der Waals surface area contributed by atoms with Crippen molar-refractivity contribution in [1.82, 2.24) is 4.90 Å². The number of fused-ring (bicyclic) bond motifs is 1. The molecule has 3 saturated carbocycles. The van der Waals surface area contributed by atoms with Gasteiger partial charge in [-0.15, -0.1) is 0 Å². The molecule has 0 aromatic carbocycles. The van der Waals surface area contributed by atoms with Crippen LogP contribution in [0.25, 0.3) is 0 Å².